The first-order valence-corrected chi connectivity index (χ1v) is 9.97. The minimum Gasteiger partial charge on any atom is -0.350 e. The lowest BCUT2D eigenvalue weighted by atomic mass is 10.1. The van der Waals surface area contributed by atoms with Gasteiger partial charge in [0.05, 0.1) is 17.9 Å². The SMILES string of the molecule is C[C@H](C(=O)NC(C)(C)C)N(C)c1nc(-c2cc3cn[nH]c3cn2)nc2c1CCC2. The summed E-state index contributed by atoms with van der Waals surface area (Å²) in [6.45, 7) is 7.85. The van der Waals surface area contributed by atoms with Crippen LogP contribution in [-0.4, -0.2) is 49.7 Å². The second-order valence-corrected chi connectivity index (χ2v) is 8.70. The first-order chi connectivity index (χ1) is 13.7. The number of nitrogens with zero attached hydrogens (tertiary/aromatic N) is 5. The fraction of sp³-hybridized carbons (Fsp3) is 0.476. The Hall–Kier alpha value is -3.03. The Labute approximate surface area is 170 Å². The molecule has 0 bridgehead atoms. The largest absolute Gasteiger partial charge is 0.350 e. The summed E-state index contributed by atoms with van der Waals surface area (Å²) in [5.74, 6) is 1.37. The standard InChI is InChI=1S/C21H27N7O/c1-12(20(29)26-21(2,3)4)28(5)19-14-7-6-8-15(14)24-18(25-19)16-9-13-10-23-27-17(13)11-22-16/h9-12H,6-8H2,1-5H3,(H,23,27)(H,26,29)/t12-/m1/s1. The zero-order valence-corrected chi connectivity index (χ0v) is 17.6. The highest BCUT2D eigenvalue weighted by molar-refractivity contribution is 5.85. The van der Waals surface area contributed by atoms with E-state index in [2.05, 4.69) is 20.5 Å². The predicted octanol–water partition coefficient (Wildman–Crippen LogP) is 2.64. The van der Waals surface area contributed by atoms with E-state index < -0.39 is 0 Å². The molecule has 2 N–H and O–H groups in total. The van der Waals surface area contributed by atoms with E-state index in [-0.39, 0.29) is 17.5 Å². The number of pyridine rings is 1. The molecule has 0 aromatic carbocycles. The highest BCUT2D eigenvalue weighted by Gasteiger charge is 2.28. The van der Waals surface area contributed by atoms with E-state index in [1.807, 2.05) is 45.7 Å². The van der Waals surface area contributed by atoms with Crippen molar-refractivity contribution >= 4 is 22.6 Å². The first-order valence-electron chi connectivity index (χ1n) is 9.97. The minimum atomic E-state index is -0.356. The van der Waals surface area contributed by atoms with E-state index >= 15 is 0 Å². The number of rotatable bonds is 4. The monoisotopic (exact) mass is 393 g/mol. The van der Waals surface area contributed by atoms with Gasteiger partial charge in [-0.2, -0.15) is 5.10 Å². The molecule has 1 aliphatic carbocycles. The van der Waals surface area contributed by atoms with Gasteiger partial charge in [-0.1, -0.05) is 0 Å². The molecule has 3 aromatic heterocycles. The van der Waals surface area contributed by atoms with Crippen molar-refractivity contribution < 1.29 is 4.79 Å². The van der Waals surface area contributed by atoms with Gasteiger partial charge in [0.2, 0.25) is 5.91 Å². The molecule has 29 heavy (non-hydrogen) atoms. The van der Waals surface area contributed by atoms with Crippen LogP contribution in [0, 0.1) is 0 Å². The lowest BCUT2D eigenvalue weighted by molar-refractivity contribution is -0.123. The number of fused-ring (bicyclic) bond motifs is 2. The van der Waals surface area contributed by atoms with Gasteiger partial charge in [0.15, 0.2) is 5.82 Å². The Morgan fingerprint density at radius 1 is 1.24 bits per heavy atom. The Bertz CT molecular complexity index is 1070. The molecule has 152 valence electrons. The van der Waals surface area contributed by atoms with Gasteiger partial charge in [-0.3, -0.25) is 14.9 Å². The van der Waals surface area contributed by atoms with Crippen LogP contribution in [0.2, 0.25) is 0 Å². The van der Waals surface area contributed by atoms with Crippen molar-refractivity contribution in [3.63, 3.8) is 0 Å². The van der Waals surface area contributed by atoms with Gasteiger partial charge in [0.1, 0.15) is 17.6 Å². The zero-order valence-electron chi connectivity index (χ0n) is 17.6. The number of anilines is 1. The molecule has 0 fully saturated rings. The van der Waals surface area contributed by atoms with Crippen molar-refractivity contribution in [1.82, 2.24) is 30.5 Å². The number of aromatic nitrogens is 5. The smallest absolute Gasteiger partial charge is 0.242 e. The molecule has 0 aliphatic heterocycles. The van der Waals surface area contributed by atoms with Gasteiger partial charge in [-0.15, -0.1) is 0 Å². The van der Waals surface area contributed by atoms with Crippen LogP contribution >= 0.6 is 0 Å². The van der Waals surface area contributed by atoms with Crippen molar-refractivity contribution in [3.8, 4) is 11.5 Å². The number of hydrogen-bond acceptors (Lipinski definition) is 6. The molecule has 8 nitrogen and oxygen atoms in total. The van der Waals surface area contributed by atoms with E-state index in [4.69, 9.17) is 9.97 Å². The Morgan fingerprint density at radius 2 is 2.03 bits per heavy atom. The topological polar surface area (TPSA) is 99.7 Å². The fourth-order valence-corrected chi connectivity index (χ4v) is 3.62. The van der Waals surface area contributed by atoms with Gasteiger partial charge in [0.25, 0.3) is 0 Å². The molecule has 0 radical (unpaired) electrons. The second kappa shape index (κ2) is 7.09. The Morgan fingerprint density at radius 3 is 2.79 bits per heavy atom. The average molecular weight is 393 g/mol. The lowest BCUT2D eigenvalue weighted by Crippen LogP contribution is -2.50. The zero-order chi connectivity index (χ0) is 20.8. The third-order valence-corrected chi connectivity index (χ3v) is 5.26. The summed E-state index contributed by atoms with van der Waals surface area (Å²) < 4.78 is 0. The number of aryl methyl sites for hydroxylation is 1. The molecule has 3 aromatic rings. The van der Waals surface area contributed by atoms with Gasteiger partial charge >= 0.3 is 0 Å². The summed E-state index contributed by atoms with van der Waals surface area (Å²) in [6.07, 6.45) is 6.40. The Balaban J connectivity index is 1.72. The van der Waals surface area contributed by atoms with Crippen molar-refractivity contribution in [2.24, 2.45) is 0 Å². The molecule has 8 heteroatoms. The number of likely N-dealkylation sites (N-methyl/N-ethyl adjacent to an activating group) is 1. The van der Waals surface area contributed by atoms with Gasteiger partial charge in [-0.05, 0) is 53.0 Å². The fourth-order valence-electron chi connectivity index (χ4n) is 3.62. The molecule has 1 amide bonds. The minimum absolute atomic E-state index is 0.0233. The summed E-state index contributed by atoms with van der Waals surface area (Å²) >= 11 is 0. The first kappa shape index (κ1) is 19.3. The molecule has 0 unspecified atom stereocenters. The number of nitrogens with one attached hydrogen (secondary N) is 2. The van der Waals surface area contributed by atoms with Crippen molar-refractivity contribution in [1.29, 1.82) is 0 Å². The number of carbonyl (C=O) groups excluding carboxylic acids is 1. The molecule has 1 atom stereocenters. The van der Waals surface area contributed by atoms with Crippen LogP contribution in [-0.2, 0) is 17.6 Å². The highest BCUT2D eigenvalue weighted by atomic mass is 16.2. The maximum atomic E-state index is 12.7. The maximum Gasteiger partial charge on any atom is 0.242 e. The van der Waals surface area contributed by atoms with Crippen LogP contribution in [0.25, 0.3) is 22.4 Å². The molecule has 0 saturated carbocycles. The van der Waals surface area contributed by atoms with Crippen LogP contribution in [0.4, 0.5) is 5.82 Å². The summed E-state index contributed by atoms with van der Waals surface area (Å²) in [5.41, 5.74) is 3.48. The van der Waals surface area contributed by atoms with E-state index in [1.165, 1.54) is 0 Å². The summed E-state index contributed by atoms with van der Waals surface area (Å²) in [7, 11) is 1.92. The third kappa shape index (κ3) is 3.79. The summed E-state index contributed by atoms with van der Waals surface area (Å²) in [4.78, 5) is 28.8. The second-order valence-electron chi connectivity index (χ2n) is 8.70. The summed E-state index contributed by atoms with van der Waals surface area (Å²) in [5, 5.41) is 11.0. The molecular weight excluding hydrogens is 366 g/mol. The number of hydrogen-bond donors (Lipinski definition) is 2. The van der Waals surface area contributed by atoms with Crippen molar-refractivity contribution in [2.75, 3.05) is 11.9 Å². The number of carbonyl (C=O) groups is 1. The van der Waals surface area contributed by atoms with E-state index in [0.29, 0.717) is 11.5 Å². The van der Waals surface area contributed by atoms with E-state index in [9.17, 15) is 4.79 Å². The quantitative estimate of drug-likeness (QED) is 0.707. The van der Waals surface area contributed by atoms with E-state index in [0.717, 1.165) is 47.2 Å². The molecule has 1 aliphatic rings. The van der Waals surface area contributed by atoms with Gasteiger partial charge in [-0.25, -0.2) is 9.97 Å². The maximum absolute atomic E-state index is 12.7. The van der Waals surface area contributed by atoms with Crippen LogP contribution in [0.5, 0.6) is 0 Å². The van der Waals surface area contributed by atoms with Crippen molar-refractivity contribution in [2.45, 2.75) is 58.5 Å². The van der Waals surface area contributed by atoms with Crippen LogP contribution in [0.1, 0.15) is 45.4 Å². The molecule has 4 rings (SSSR count). The normalized spacial score (nSPS) is 14.7. The number of aromatic amines is 1. The van der Waals surface area contributed by atoms with Crippen molar-refractivity contribution in [3.05, 3.63) is 29.7 Å². The average Bonchev–Trinajstić information content (AvgIpc) is 3.32. The van der Waals surface area contributed by atoms with Gasteiger partial charge < -0.3 is 10.2 Å². The van der Waals surface area contributed by atoms with Crippen LogP contribution < -0.4 is 10.2 Å². The third-order valence-electron chi connectivity index (χ3n) is 5.26. The molecule has 3 heterocycles. The Kier molecular flexibility index (Phi) is 4.72. The molecule has 0 saturated heterocycles. The highest BCUT2D eigenvalue weighted by Crippen LogP contribution is 2.31. The van der Waals surface area contributed by atoms with Crippen LogP contribution in [0.15, 0.2) is 18.5 Å². The number of amides is 1. The van der Waals surface area contributed by atoms with E-state index in [1.54, 1.807) is 12.4 Å². The van der Waals surface area contributed by atoms with Gasteiger partial charge in [0, 0.05) is 29.2 Å². The predicted molar refractivity (Wildman–Crippen MR) is 113 cm³/mol. The molecule has 0 spiro atoms. The van der Waals surface area contributed by atoms with Crippen LogP contribution in [0.3, 0.4) is 0 Å². The number of H-pyrrole nitrogens is 1. The summed E-state index contributed by atoms with van der Waals surface area (Å²) in [6, 6.07) is 1.58. The lowest BCUT2D eigenvalue weighted by Gasteiger charge is -2.30. The molecular formula is C21H27N7O.